The highest BCUT2D eigenvalue weighted by Gasteiger charge is 2.40. The highest BCUT2D eigenvalue weighted by atomic mass is 16.5. The topological polar surface area (TPSA) is 87.7 Å². The lowest BCUT2D eigenvalue weighted by atomic mass is 9.95. The Labute approximate surface area is 156 Å². The van der Waals surface area contributed by atoms with Gasteiger partial charge in [0.15, 0.2) is 11.5 Å². The molecule has 0 spiro atoms. The zero-order valence-corrected chi connectivity index (χ0v) is 15.2. The fourth-order valence-corrected chi connectivity index (χ4v) is 3.56. The molecule has 1 aromatic heterocycles. The Morgan fingerprint density at radius 1 is 1.11 bits per heavy atom. The molecule has 0 radical (unpaired) electrons. The van der Waals surface area contributed by atoms with Crippen LogP contribution < -0.4 is 9.47 Å². The van der Waals surface area contributed by atoms with Gasteiger partial charge in [0.25, 0.3) is 5.91 Å². The largest absolute Gasteiger partial charge is 0.507 e. The van der Waals surface area contributed by atoms with E-state index >= 15 is 0 Å². The molecule has 2 heterocycles. The fourth-order valence-electron chi connectivity index (χ4n) is 3.56. The van der Waals surface area contributed by atoms with Crippen molar-refractivity contribution in [1.29, 1.82) is 0 Å². The van der Waals surface area contributed by atoms with Crippen LogP contribution in [0.5, 0.6) is 17.2 Å². The van der Waals surface area contributed by atoms with Crippen LogP contribution in [-0.4, -0.2) is 47.4 Å². The summed E-state index contributed by atoms with van der Waals surface area (Å²) in [4.78, 5) is 14.4. The monoisotopic (exact) mass is 365 g/mol. The van der Waals surface area contributed by atoms with E-state index in [0.717, 1.165) is 11.1 Å². The molecule has 138 valence electrons. The summed E-state index contributed by atoms with van der Waals surface area (Å²) < 4.78 is 10.7. The fraction of sp³-hybridized carbons (Fsp3) is 0.200. The van der Waals surface area contributed by atoms with Gasteiger partial charge >= 0.3 is 0 Å². The average Bonchev–Trinajstić information content (AvgIpc) is 3.21. The van der Waals surface area contributed by atoms with Crippen LogP contribution in [0.2, 0.25) is 0 Å². The number of amides is 1. The lowest BCUT2D eigenvalue weighted by Crippen LogP contribution is -2.24. The standard InChI is InChI=1S/C20H19N3O4/c1-23-19(11-8-9-14(26-2)15(10-11)27-3)16-17(21-22-18(16)20(23)25)12-6-4-5-7-13(12)24/h4-10,19,24H,1-3H3,(H,21,22)/t19-/m1/s1. The molecular weight excluding hydrogens is 346 g/mol. The summed E-state index contributed by atoms with van der Waals surface area (Å²) in [7, 11) is 4.89. The molecule has 4 rings (SSSR count). The zero-order chi connectivity index (χ0) is 19.1. The minimum Gasteiger partial charge on any atom is -0.507 e. The van der Waals surface area contributed by atoms with E-state index < -0.39 is 0 Å². The number of nitrogens with zero attached hydrogens (tertiary/aromatic N) is 2. The zero-order valence-electron chi connectivity index (χ0n) is 15.2. The number of rotatable bonds is 4. The highest BCUT2D eigenvalue weighted by molar-refractivity contribution is 6.00. The van der Waals surface area contributed by atoms with E-state index in [0.29, 0.717) is 28.5 Å². The quantitative estimate of drug-likeness (QED) is 0.742. The summed E-state index contributed by atoms with van der Waals surface area (Å²) in [6.07, 6.45) is 0. The normalized spacial score (nSPS) is 15.7. The third kappa shape index (κ3) is 2.51. The van der Waals surface area contributed by atoms with Crippen molar-refractivity contribution in [2.24, 2.45) is 0 Å². The first-order valence-electron chi connectivity index (χ1n) is 8.42. The predicted octanol–water partition coefficient (Wildman–Crippen LogP) is 2.97. The number of methoxy groups -OCH3 is 2. The maximum atomic E-state index is 12.7. The second-order valence-electron chi connectivity index (χ2n) is 6.31. The summed E-state index contributed by atoms with van der Waals surface area (Å²) in [6.45, 7) is 0. The van der Waals surface area contributed by atoms with Crippen LogP contribution in [0.25, 0.3) is 11.3 Å². The molecule has 3 aromatic rings. The van der Waals surface area contributed by atoms with E-state index in [1.165, 1.54) is 0 Å². The number of ether oxygens (including phenoxy) is 2. The molecule has 0 saturated heterocycles. The Morgan fingerprint density at radius 2 is 1.85 bits per heavy atom. The summed E-state index contributed by atoms with van der Waals surface area (Å²) in [5, 5.41) is 17.4. The van der Waals surface area contributed by atoms with Crippen molar-refractivity contribution in [2.75, 3.05) is 21.3 Å². The number of carbonyl (C=O) groups excluding carboxylic acids is 1. The van der Waals surface area contributed by atoms with Crippen LogP contribution in [0.3, 0.4) is 0 Å². The number of aromatic nitrogens is 2. The number of hydrogen-bond donors (Lipinski definition) is 2. The second-order valence-corrected chi connectivity index (χ2v) is 6.31. The van der Waals surface area contributed by atoms with Gasteiger partial charge in [-0.05, 0) is 29.8 Å². The highest BCUT2D eigenvalue weighted by Crippen LogP contribution is 2.44. The van der Waals surface area contributed by atoms with Gasteiger partial charge < -0.3 is 19.5 Å². The van der Waals surface area contributed by atoms with Gasteiger partial charge in [-0.25, -0.2) is 0 Å². The summed E-state index contributed by atoms with van der Waals surface area (Å²) in [6, 6.07) is 12.1. The van der Waals surface area contributed by atoms with E-state index in [9.17, 15) is 9.90 Å². The second kappa shape index (κ2) is 6.35. The number of hydrogen-bond acceptors (Lipinski definition) is 5. The SMILES string of the molecule is COc1ccc([C@@H]2c3c(-c4ccccc4O)n[nH]c3C(=O)N2C)cc1OC. The smallest absolute Gasteiger partial charge is 0.272 e. The third-order valence-electron chi connectivity index (χ3n) is 4.88. The molecule has 0 unspecified atom stereocenters. The number of H-pyrrole nitrogens is 1. The summed E-state index contributed by atoms with van der Waals surface area (Å²) in [5.74, 6) is 1.15. The Morgan fingerprint density at radius 3 is 2.56 bits per heavy atom. The minimum absolute atomic E-state index is 0.111. The number of benzene rings is 2. The van der Waals surface area contributed by atoms with Crippen molar-refractivity contribution >= 4 is 5.91 Å². The first-order chi connectivity index (χ1) is 13.1. The molecule has 1 atom stereocenters. The summed E-state index contributed by atoms with van der Waals surface area (Å²) >= 11 is 0. The lowest BCUT2D eigenvalue weighted by Gasteiger charge is -2.23. The number of para-hydroxylation sites is 1. The van der Waals surface area contributed by atoms with Crippen LogP contribution in [0.1, 0.15) is 27.7 Å². The van der Waals surface area contributed by atoms with Crippen LogP contribution in [0.15, 0.2) is 42.5 Å². The number of fused-ring (bicyclic) bond motifs is 1. The number of phenols is 1. The molecule has 0 saturated carbocycles. The van der Waals surface area contributed by atoms with Gasteiger partial charge in [-0.2, -0.15) is 5.10 Å². The van der Waals surface area contributed by atoms with E-state index in [2.05, 4.69) is 10.2 Å². The maximum absolute atomic E-state index is 12.7. The van der Waals surface area contributed by atoms with Gasteiger partial charge in [-0.3, -0.25) is 9.89 Å². The number of nitrogens with one attached hydrogen (secondary N) is 1. The molecule has 1 aliphatic rings. The molecule has 2 N–H and O–H groups in total. The van der Waals surface area contributed by atoms with Gasteiger partial charge in [0, 0.05) is 18.2 Å². The van der Waals surface area contributed by atoms with Gasteiger partial charge in [-0.1, -0.05) is 18.2 Å². The van der Waals surface area contributed by atoms with Gasteiger partial charge in [0.1, 0.15) is 17.1 Å². The molecular formula is C20H19N3O4. The molecule has 0 bridgehead atoms. The van der Waals surface area contributed by atoms with Crippen LogP contribution >= 0.6 is 0 Å². The third-order valence-corrected chi connectivity index (χ3v) is 4.88. The van der Waals surface area contributed by atoms with Crippen molar-refractivity contribution in [3.05, 3.63) is 59.3 Å². The van der Waals surface area contributed by atoms with Gasteiger partial charge in [-0.15, -0.1) is 0 Å². The van der Waals surface area contributed by atoms with E-state index in [-0.39, 0.29) is 17.7 Å². The molecule has 0 fully saturated rings. The number of carbonyl (C=O) groups is 1. The average molecular weight is 365 g/mol. The molecule has 7 nitrogen and oxygen atoms in total. The summed E-state index contributed by atoms with van der Waals surface area (Å²) in [5.41, 5.74) is 3.15. The van der Waals surface area contributed by atoms with Crippen molar-refractivity contribution in [1.82, 2.24) is 15.1 Å². The van der Waals surface area contributed by atoms with Gasteiger partial charge in [0.05, 0.1) is 20.3 Å². The number of aromatic amines is 1. The van der Waals surface area contributed by atoms with Crippen LogP contribution in [0.4, 0.5) is 0 Å². The van der Waals surface area contributed by atoms with E-state index in [4.69, 9.17) is 9.47 Å². The molecule has 7 heteroatoms. The first-order valence-corrected chi connectivity index (χ1v) is 8.42. The van der Waals surface area contributed by atoms with Gasteiger partial charge in [0.2, 0.25) is 0 Å². The molecule has 1 amide bonds. The molecule has 2 aromatic carbocycles. The maximum Gasteiger partial charge on any atom is 0.272 e. The van der Waals surface area contributed by atoms with Crippen molar-refractivity contribution in [3.63, 3.8) is 0 Å². The Kier molecular flexibility index (Phi) is 3.99. The lowest BCUT2D eigenvalue weighted by molar-refractivity contribution is 0.0787. The van der Waals surface area contributed by atoms with E-state index in [1.807, 2.05) is 24.3 Å². The predicted molar refractivity (Wildman–Crippen MR) is 99.2 cm³/mol. The molecule has 1 aliphatic heterocycles. The minimum atomic E-state index is -0.360. The molecule has 27 heavy (non-hydrogen) atoms. The van der Waals surface area contributed by atoms with Crippen LogP contribution in [0, 0.1) is 0 Å². The van der Waals surface area contributed by atoms with Crippen LogP contribution in [-0.2, 0) is 0 Å². The van der Waals surface area contributed by atoms with Crippen molar-refractivity contribution < 1.29 is 19.4 Å². The Hall–Kier alpha value is -3.48. The number of phenolic OH excluding ortho intramolecular Hbond substituents is 1. The van der Waals surface area contributed by atoms with Crippen molar-refractivity contribution in [3.8, 4) is 28.5 Å². The molecule has 0 aliphatic carbocycles. The first kappa shape index (κ1) is 17.0. The van der Waals surface area contributed by atoms with Crippen molar-refractivity contribution in [2.45, 2.75) is 6.04 Å². The van der Waals surface area contributed by atoms with E-state index in [1.54, 1.807) is 44.4 Å². The number of aromatic hydroxyl groups is 1. The Bertz CT molecular complexity index is 1030. The Balaban J connectivity index is 1.90.